The number of carbonyl (C=O) groups is 3. The van der Waals surface area contributed by atoms with Crippen molar-refractivity contribution in [2.24, 2.45) is 0 Å². The number of likely N-dealkylation sites (N-methyl/N-ethyl adjacent to an activating group) is 1. The molecule has 378 valence electrons. The van der Waals surface area contributed by atoms with Gasteiger partial charge in [-0.15, -0.1) is 0 Å². The molecule has 0 saturated heterocycles. The van der Waals surface area contributed by atoms with E-state index in [1.807, 2.05) is 48.5 Å². The fraction of sp³-hybridized carbons (Fsp3) is 0.545. The van der Waals surface area contributed by atoms with Crippen LogP contribution in [0.4, 0.5) is 11.6 Å². The SMILES string of the molecule is CN(C(=O)CCc1ccc(-c2ccc(CCCCNC(=N)NC(=O)c3nc(Cl)c(N)nc3N)cc2)cc1)[C@@H](CCCCN(C[C@H](O)[C@@H](O)[C@H](O)[C@H](O)CO)C[C@H](O)[C@@H](O)[C@H](O)[C@H](O)CO)C(=O)O. The molecule has 0 aliphatic heterocycles. The van der Waals surface area contributed by atoms with Crippen LogP contribution in [0.15, 0.2) is 48.5 Å². The number of unbranched alkanes of at least 4 members (excludes halogenated alkanes) is 2. The molecule has 2 amide bonds. The Hall–Kier alpha value is -5.15. The summed E-state index contributed by atoms with van der Waals surface area (Å²) >= 11 is 5.82. The van der Waals surface area contributed by atoms with E-state index in [1.165, 1.54) is 11.9 Å². The lowest BCUT2D eigenvalue weighted by atomic mass is 9.99. The monoisotopic (exact) mass is 979 g/mol. The van der Waals surface area contributed by atoms with E-state index < -0.39 is 99.0 Å². The third-order valence-electron chi connectivity index (χ3n) is 11.3. The standard InChI is InChI=1S/C44H66ClN9O14/c1-53(28(43(67)68)7-3-5-19-54(20-29(57)35(62)37(64)31(59)22-55)21-30(58)36(63)38(65)32(60)23-56)33(61)17-12-25-10-15-27(16-11-25)26-13-8-24(9-14-26)6-2-4-18-49-44(48)52-42(66)34-40(46)51-41(47)39(45)50-34/h8-11,13-16,28-32,35-38,55-60,62-65H,2-7,12,17-23H2,1H3,(H,67,68)(H4,46,47,51)(H3,48,49,52,66)/t28-,29-,30-,31+,32+,35+,36+,37+,38+/m0/s1. The van der Waals surface area contributed by atoms with Crippen LogP contribution in [0.25, 0.3) is 11.1 Å². The van der Waals surface area contributed by atoms with Crippen molar-refractivity contribution in [2.75, 3.05) is 57.9 Å². The second kappa shape index (κ2) is 28.4. The molecule has 2 aromatic carbocycles. The van der Waals surface area contributed by atoms with Crippen molar-refractivity contribution in [1.29, 1.82) is 5.41 Å². The number of carboxylic acids is 1. The quantitative estimate of drug-likeness (QED) is 0.0193. The van der Waals surface area contributed by atoms with E-state index in [2.05, 4.69) is 20.6 Å². The maximum absolute atomic E-state index is 13.2. The first-order valence-electron chi connectivity index (χ1n) is 22.0. The lowest BCUT2D eigenvalue weighted by molar-refractivity contribution is -0.149. The molecule has 3 aromatic rings. The second-order valence-corrected chi connectivity index (χ2v) is 16.8. The number of aliphatic carboxylic acids is 1. The number of rotatable bonds is 29. The topological polar surface area (TPSA) is 406 Å². The summed E-state index contributed by atoms with van der Waals surface area (Å²) in [5.41, 5.74) is 14.9. The fourth-order valence-electron chi connectivity index (χ4n) is 7.11. The number of nitrogens with two attached hydrogens (primary N) is 2. The minimum Gasteiger partial charge on any atom is -0.480 e. The molecule has 0 unspecified atom stereocenters. The number of halogens is 1. The van der Waals surface area contributed by atoms with Gasteiger partial charge >= 0.3 is 5.97 Å². The van der Waals surface area contributed by atoms with Crippen LogP contribution < -0.4 is 22.1 Å². The molecule has 68 heavy (non-hydrogen) atoms. The number of hydrogen-bond donors (Lipinski definition) is 16. The number of anilines is 2. The Morgan fingerprint density at radius 1 is 0.706 bits per heavy atom. The number of aromatic nitrogens is 2. The second-order valence-electron chi connectivity index (χ2n) is 16.5. The van der Waals surface area contributed by atoms with Crippen LogP contribution in [-0.2, 0) is 22.4 Å². The number of carboxylic acid groups (broad SMARTS) is 1. The van der Waals surface area contributed by atoms with E-state index in [0.717, 1.165) is 46.4 Å². The molecule has 0 aliphatic rings. The van der Waals surface area contributed by atoms with Crippen LogP contribution in [0.3, 0.4) is 0 Å². The summed E-state index contributed by atoms with van der Waals surface area (Å²) in [6.45, 7) is -2.32. The van der Waals surface area contributed by atoms with E-state index in [0.29, 0.717) is 13.0 Å². The van der Waals surface area contributed by atoms with Gasteiger partial charge in [0.25, 0.3) is 5.91 Å². The Morgan fingerprint density at radius 2 is 1.21 bits per heavy atom. The summed E-state index contributed by atoms with van der Waals surface area (Å²) in [6.07, 6.45) is -11.7. The van der Waals surface area contributed by atoms with Gasteiger partial charge in [0.15, 0.2) is 28.4 Å². The number of hydrogen-bond acceptors (Lipinski definition) is 19. The molecule has 18 N–H and O–H groups in total. The lowest BCUT2D eigenvalue weighted by Crippen LogP contribution is -2.53. The van der Waals surface area contributed by atoms with Gasteiger partial charge in [0.2, 0.25) is 5.91 Å². The van der Waals surface area contributed by atoms with Gasteiger partial charge < -0.3 is 77.9 Å². The minimum atomic E-state index is -1.95. The van der Waals surface area contributed by atoms with Crippen molar-refractivity contribution in [3.8, 4) is 11.1 Å². The predicted molar refractivity (Wildman–Crippen MR) is 249 cm³/mol. The smallest absolute Gasteiger partial charge is 0.326 e. The van der Waals surface area contributed by atoms with E-state index in [1.54, 1.807) is 0 Å². The number of nitrogens with zero attached hydrogens (tertiary/aromatic N) is 4. The summed E-state index contributed by atoms with van der Waals surface area (Å²) in [6, 6.07) is 14.5. The minimum absolute atomic E-state index is 0.00418. The molecule has 0 aliphatic carbocycles. The van der Waals surface area contributed by atoms with E-state index in [-0.39, 0.29) is 60.7 Å². The molecule has 0 spiro atoms. The normalized spacial score (nSPS) is 15.6. The van der Waals surface area contributed by atoms with Crippen LogP contribution >= 0.6 is 11.6 Å². The van der Waals surface area contributed by atoms with Gasteiger partial charge in [-0.2, -0.15) is 0 Å². The zero-order valence-electron chi connectivity index (χ0n) is 37.7. The van der Waals surface area contributed by atoms with E-state index >= 15 is 0 Å². The molecule has 0 fully saturated rings. The number of aliphatic hydroxyl groups excluding tert-OH is 10. The van der Waals surface area contributed by atoms with Gasteiger partial charge in [0, 0.05) is 33.1 Å². The number of aliphatic hydroxyl groups is 10. The molecule has 0 saturated carbocycles. The van der Waals surface area contributed by atoms with E-state index in [9.17, 15) is 60.3 Å². The van der Waals surface area contributed by atoms with Crippen LogP contribution in [0.5, 0.6) is 0 Å². The molecule has 9 atom stereocenters. The molecule has 0 radical (unpaired) electrons. The number of nitrogen functional groups attached to an aromatic ring is 2. The van der Waals surface area contributed by atoms with Gasteiger partial charge in [0.05, 0.1) is 25.4 Å². The summed E-state index contributed by atoms with van der Waals surface area (Å²) < 4.78 is 0. The highest BCUT2D eigenvalue weighted by Crippen LogP contribution is 2.23. The van der Waals surface area contributed by atoms with Crippen molar-refractivity contribution in [1.82, 2.24) is 30.4 Å². The molecule has 24 heteroatoms. The molecule has 1 heterocycles. The van der Waals surface area contributed by atoms with Gasteiger partial charge in [-0.1, -0.05) is 60.1 Å². The zero-order valence-corrected chi connectivity index (χ0v) is 38.4. The molecular formula is C44H66ClN9O14. The summed E-state index contributed by atoms with van der Waals surface area (Å²) in [7, 11) is 1.40. The Bertz CT molecular complexity index is 2030. The van der Waals surface area contributed by atoms with Crippen LogP contribution in [-0.4, -0.2) is 201 Å². The summed E-state index contributed by atoms with van der Waals surface area (Å²) in [5, 5.41) is 123. The largest absolute Gasteiger partial charge is 0.480 e. The molecule has 3 rings (SSSR count). The average Bonchev–Trinajstić information content (AvgIpc) is 3.32. The third kappa shape index (κ3) is 17.7. The fourth-order valence-corrected chi connectivity index (χ4v) is 7.23. The highest BCUT2D eigenvalue weighted by atomic mass is 35.5. The Labute approximate surface area is 398 Å². The number of amides is 2. The number of aryl methyl sites for hydroxylation is 2. The highest BCUT2D eigenvalue weighted by molar-refractivity contribution is 6.31. The van der Waals surface area contributed by atoms with Crippen LogP contribution in [0, 0.1) is 5.41 Å². The number of nitrogens with one attached hydrogen (secondary N) is 3. The predicted octanol–water partition coefficient (Wildman–Crippen LogP) is -2.57. The first kappa shape index (κ1) is 57.2. The van der Waals surface area contributed by atoms with Crippen molar-refractivity contribution < 1.29 is 70.6 Å². The Kier molecular flexibility index (Phi) is 23.8. The molecule has 1 aromatic heterocycles. The molecular weight excluding hydrogens is 914 g/mol. The number of guanidine groups is 1. The van der Waals surface area contributed by atoms with Crippen molar-refractivity contribution in [3.05, 3.63) is 70.5 Å². The molecule has 23 nitrogen and oxygen atoms in total. The lowest BCUT2D eigenvalue weighted by Gasteiger charge is -2.33. The average molecular weight is 981 g/mol. The third-order valence-corrected chi connectivity index (χ3v) is 11.6. The van der Waals surface area contributed by atoms with E-state index in [4.69, 9.17) is 38.7 Å². The first-order valence-corrected chi connectivity index (χ1v) is 22.3. The van der Waals surface area contributed by atoms with Crippen LogP contribution in [0.1, 0.15) is 60.1 Å². The Balaban J connectivity index is 1.46. The Morgan fingerprint density at radius 3 is 1.71 bits per heavy atom. The highest BCUT2D eigenvalue weighted by Gasteiger charge is 2.34. The maximum atomic E-state index is 13.2. The van der Waals surface area contributed by atoms with Crippen LogP contribution in [0.2, 0.25) is 5.15 Å². The van der Waals surface area contributed by atoms with Gasteiger partial charge in [-0.05, 0) is 73.7 Å². The van der Waals surface area contributed by atoms with Crippen molar-refractivity contribution in [2.45, 2.75) is 106 Å². The van der Waals surface area contributed by atoms with Crippen molar-refractivity contribution in [3.63, 3.8) is 0 Å². The number of benzene rings is 2. The summed E-state index contributed by atoms with van der Waals surface area (Å²) in [5.74, 6) is -2.94. The maximum Gasteiger partial charge on any atom is 0.326 e. The molecule has 0 bridgehead atoms. The van der Waals surface area contributed by atoms with Gasteiger partial charge in [0.1, 0.15) is 42.7 Å². The van der Waals surface area contributed by atoms with Crippen molar-refractivity contribution >= 4 is 47.0 Å². The number of carbonyl (C=O) groups excluding carboxylic acids is 2. The summed E-state index contributed by atoms with van der Waals surface area (Å²) in [4.78, 5) is 47.9. The zero-order chi connectivity index (χ0) is 50.7. The van der Waals surface area contributed by atoms with Gasteiger partial charge in [-0.25, -0.2) is 14.8 Å². The van der Waals surface area contributed by atoms with Gasteiger partial charge in [-0.3, -0.25) is 25.2 Å². The first-order chi connectivity index (χ1) is 32.2.